The van der Waals surface area contributed by atoms with Gasteiger partial charge in [0.1, 0.15) is 0 Å². The van der Waals surface area contributed by atoms with Gasteiger partial charge in [0.05, 0.1) is 0 Å². The van der Waals surface area contributed by atoms with Gasteiger partial charge in [-0.15, -0.1) is 0 Å². The highest BCUT2D eigenvalue weighted by Gasteiger charge is 2.15. The normalized spacial score (nSPS) is 13.1. The first-order chi connectivity index (χ1) is 8.77. The number of benzene rings is 2. The van der Waals surface area contributed by atoms with Crippen LogP contribution in [0.3, 0.4) is 0 Å². The molecule has 0 amide bonds. The average molecular weight is 242 g/mol. The maximum absolute atomic E-state index is 5.69. The van der Waals surface area contributed by atoms with Crippen molar-refractivity contribution in [1.29, 1.82) is 0 Å². The summed E-state index contributed by atoms with van der Waals surface area (Å²) >= 11 is 0. The SMILES string of the molecule is CCN(CCN)C(C)c1cccc2ccccc12. The van der Waals surface area contributed by atoms with Gasteiger partial charge in [0.15, 0.2) is 0 Å². The van der Waals surface area contributed by atoms with Crippen LogP contribution in [0.15, 0.2) is 42.5 Å². The first kappa shape index (κ1) is 13.1. The lowest BCUT2D eigenvalue weighted by molar-refractivity contribution is 0.230. The zero-order valence-electron chi connectivity index (χ0n) is 11.3. The summed E-state index contributed by atoms with van der Waals surface area (Å²) < 4.78 is 0. The lowest BCUT2D eigenvalue weighted by Crippen LogP contribution is -2.31. The molecule has 2 aromatic carbocycles. The van der Waals surface area contributed by atoms with E-state index in [1.807, 2.05) is 0 Å². The van der Waals surface area contributed by atoms with Crippen molar-refractivity contribution in [3.8, 4) is 0 Å². The Morgan fingerprint density at radius 1 is 1.11 bits per heavy atom. The number of rotatable bonds is 5. The van der Waals surface area contributed by atoms with Crippen LogP contribution in [0.4, 0.5) is 0 Å². The second kappa shape index (κ2) is 5.98. The molecule has 0 fully saturated rings. The number of nitrogens with zero attached hydrogens (tertiary/aromatic N) is 1. The summed E-state index contributed by atoms with van der Waals surface area (Å²) in [6.07, 6.45) is 0. The molecule has 0 saturated carbocycles. The number of nitrogens with two attached hydrogens (primary N) is 1. The standard InChI is InChI=1S/C16H22N2/c1-3-18(12-11-17)13(2)15-10-6-8-14-7-4-5-9-16(14)15/h4-10,13H,3,11-12,17H2,1-2H3. The molecule has 96 valence electrons. The lowest BCUT2D eigenvalue weighted by Gasteiger charge is -2.28. The minimum Gasteiger partial charge on any atom is -0.329 e. The minimum absolute atomic E-state index is 0.407. The molecule has 0 aromatic heterocycles. The third-order valence-corrected chi connectivity index (χ3v) is 3.64. The van der Waals surface area contributed by atoms with Gasteiger partial charge in [-0.1, -0.05) is 49.4 Å². The molecule has 0 radical (unpaired) electrons. The van der Waals surface area contributed by atoms with Gasteiger partial charge in [0.25, 0.3) is 0 Å². The summed E-state index contributed by atoms with van der Waals surface area (Å²) in [5.41, 5.74) is 7.08. The Labute approximate surface area is 109 Å². The topological polar surface area (TPSA) is 29.3 Å². The molecule has 0 aliphatic carbocycles. The smallest absolute Gasteiger partial charge is 0.0326 e. The molecule has 0 aliphatic heterocycles. The molecule has 2 aromatic rings. The van der Waals surface area contributed by atoms with Crippen molar-refractivity contribution in [1.82, 2.24) is 4.90 Å². The van der Waals surface area contributed by atoms with E-state index in [4.69, 9.17) is 5.73 Å². The van der Waals surface area contributed by atoms with Gasteiger partial charge in [-0.05, 0) is 29.8 Å². The monoisotopic (exact) mass is 242 g/mol. The zero-order chi connectivity index (χ0) is 13.0. The van der Waals surface area contributed by atoms with E-state index in [-0.39, 0.29) is 0 Å². The Kier molecular flexibility index (Phi) is 4.34. The van der Waals surface area contributed by atoms with E-state index in [0.29, 0.717) is 12.6 Å². The largest absolute Gasteiger partial charge is 0.329 e. The Morgan fingerprint density at radius 3 is 2.56 bits per heavy atom. The van der Waals surface area contributed by atoms with Gasteiger partial charge in [-0.3, -0.25) is 4.90 Å². The third kappa shape index (κ3) is 2.55. The van der Waals surface area contributed by atoms with Crippen LogP contribution in [0.5, 0.6) is 0 Å². The van der Waals surface area contributed by atoms with Crippen LogP contribution >= 0.6 is 0 Å². The van der Waals surface area contributed by atoms with Crippen molar-refractivity contribution in [3.63, 3.8) is 0 Å². The maximum Gasteiger partial charge on any atom is 0.0326 e. The third-order valence-electron chi connectivity index (χ3n) is 3.64. The van der Waals surface area contributed by atoms with Crippen molar-refractivity contribution in [3.05, 3.63) is 48.0 Å². The van der Waals surface area contributed by atoms with Gasteiger partial charge < -0.3 is 5.73 Å². The van der Waals surface area contributed by atoms with Gasteiger partial charge in [-0.2, -0.15) is 0 Å². The second-order valence-electron chi connectivity index (χ2n) is 4.66. The first-order valence-corrected chi connectivity index (χ1v) is 6.69. The zero-order valence-corrected chi connectivity index (χ0v) is 11.3. The fourth-order valence-corrected chi connectivity index (χ4v) is 2.60. The van der Waals surface area contributed by atoms with Crippen molar-refractivity contribution in [2.75, 3.05) is 19.6 Å². The van der Waals surface area contributed by atoms with Gasteiger partial charge in [0.2, 0.25) is 0 Å². The summed E-state index contributed by atoms with van der Waals surface area (Å²) in [7, 11) is 0. The molecule has 1 unspecified atom stereocenters. The first-order valence-electron chi connectivity index (χ1n) is 6.69. The molecule has 0 aliphatic rings. The fraction of sp³-hybridized carbons (Fsp3) is 0.375. The van der Waals surface area contributed by atoms with E-state index in [0.717, 1.165) is 13.1 Å². The van der Waals surface area contributed by atoms with Gasteiger partial charge in [0, 0.05) is 19.1 Å². The van der Waals surface area contributed by atoms with Gasteiger partial charge >= 0.3 is 0 Å². The van der Waals surface area contributed by atoms with Crippen molar-refractivity contribution >= 4 is 10.8 Å². The number of hydrogen-bond acceptors (Lipinski definition) is 2. The van der Waals surface area contributed by atoms with Crippen LogP contribution in [0, 0.1) is 0 Å². The molecule has 2 nitrogen and oxygen atoms in total. The molecule has 2 rings (SSSR count). The van der Waals surface area contributed by atoms with E-state index >= 15 is 0 Å². The van der Waals surface area contributed by atoms with E-state index in [1.165, 1.54) is 16.3 Å². The summed E-state index contributed by atoms with van der Waals surface area (Å²) in [4.78, 5) is 2.42. The Bertz CT molecular complexity index is 502. The molecule has 0 bridgehead atoms. The number of likely N-dealkylation sites (N-methyl/N-ethyl adjacent to an activating group) is 1. The van der Waals surface area contributed by atoms with Crippen molar-refractivity contribution < 1.29 is 0 Å². The summed E-state index contributed by atoms with van der Waals surface area (Å²) in [5.74, 6) is 0. The van der Waals surface area contributed by atoms with E-state index < -0.39 is 0 Å². The summed E-state index contributed by atoms with van der Waals surface area (Å²) in [6, 6.07) is 15.5. The summed E-state index contributed by atoms with van der Waals surface area (Å²) in [5, 5.41) is 2.66. The van der Waals surface area contributed by atoms with Crippen LogP contribution in [0.2, 0.25) is 0 Å². The molecule has 18 heavy (non-hydrogen) atoms. The highest BCUT2D eigenvalue weighted by molar-refractivity contribution is 5.86. The van der Waals surface area contributed by atoms with E-state index in [1.54, 1.807) is 0 Å². The van der Waals surface area contributed by atoms with Crippen molar-refractivity contribution in [2.45, 2.75) is 19.9 Å². The maximum atomic E-state index is 5.69. The van der Waals surface area contributed by atoms with Crippen LogP contribution < -0.4 is 5.73 Å². The lowest BCUT2D eigenvalue weighted by atomic mass is 9.98. The van der Waals surface area contributed by atoms with Crippen LogP contribution in [0.25, 0.3) is 10.8 Å². The number of hydrogen-bond donors (Lipinski definition) is 1. The van der Waals surface area contributed by atoms with Crippen LogP contribution in [-0.2, 0) is 0 Å². The Balaban J connectivity index is 2.40. The quantitative estimate of drug-likeness (QED) is 0.872. The molecule has 2 heteroatoms. The molecule has 1 atom stereocenters. The molecule has 0 spiro atoms. The van der Waals surface area contributed by atoms with E-state index in [9.17, 15) is 0 Å². The van der Waals surface area contributed by atoms with Gasteiger partial charge in [-0.25, -0.2) is 0 Å². The highest BCUT2D eigenvalue weighted by atomic mass is 15.1. The van der Waals surface area contributed by atoms with Crippen LogP contribution in [0.1, 0.15) is 25.5 Å². The average Bonchev–Trinajstić information content (AvgIpc) is 2.43. The molecular weight excluding hydrogens is 220 g/mol. The second-order valence-corrected chi connectivity index (χ2v) is 4.66. The van der Waals surface area contributed by atoms with E-state index in [2.05, 4.69) is 61.2 Å². The Hall–Kier alpha value is -1.38. The van der Waals surface area contributed by atoms with Crippen molar-refractivity contribution in [2.24, 2.45) is 5.73 Å². The fourth-order valence-electron chi connectivity index (χ4n) is 2.60. The highest BCUT2D eigenvalue weighted by Crippen LogP contribution is 2.27. The molecule has 2 N–H and O–H groups in total. The number of fused-ring (bicyclic) bond motifs is 1. The minimum atomic E-state index is 0.407. The molecular formula is C16H22N2. The Morgan fingerprint density at radius 2 is 1.83 bits per heavy atom. The summed E-state index contributed by atoms with van der Waals surface area (Å²) in [6.45, 7) is 7.14. The molecule has 0 saturated heterocycles. The predicted octanol–water partition coefficient (Wildman–Crippen LogP) is 3.18. The predicted molar refractivity (Wildman–Crippen MR) is 78.7 cm³/mol. The molecule has 0 heterocycles. The van der Waals surface area contributed by atoms with Crippen LogP contribution in [-0.4, -0.2) is 24.5 Å².